The zero-order valence-electron chi connectivity index (χ0n) is 15.8. The van der Waals surface area contributed by atoms with Gasteiger partial charge in [0.2, 0.25) is 0 Å². The number of primary amides is 1. The number of amides is 3. The van der Waals surface area contributed by atoms with Gasteiger partial charge in [0.1, 0.15) is 5.69 Å². The summed E-state index contributed by atoms with van der Waals surface area (Å²) in [5.41, 5.74) is 8.55. The van der Waals surface area contributed by atoms with Crippen molar-refractivity contribution in [2.24, 2.45) is 5.73 Å². The van der Waals surface area contributed by atoms with E-state index in [0.29, 0.717) is 30.3 Å². The number of hydrogen-bond acceptors (Lipinski definition) is 4. The molecule has 0 saturated carbocycles. The second-order valence-corrected chi connectivity index (χ2v) is 7.73. The standard InChI is InChI=1S/C20H24N4O3/c1-20(2,3)14-5-7-15(8-6-14)24(27)18(25)17-9-4-13-12-23(19(21)26)11-10-16(13)22-17/h4-9,27H,10-12H2,1-3H3,(H2,21,26). The number of nitrogens with zero attached hydrogens (tertiary/aromatic N) is 3. The molecule has 3 amide bonds. The first-order chi connectivity index (χ1) is 12.7. The highest BCUT2D eigenvalue weighted by atomic mass is 16.5. The number of anilines is 1. The molecule has 0 spiro atoms. The summed E-state index contributed by atoms with van der Waals surface area (Å²) in [6.45, 7) is 7.13. The molecule has 0 saturated heterocycles. The van der Waals surface area contributed by atoms with E-state index in [2.05, 4.69) is 25.8 Å². The Morgan fingerprint density at radius 1 is 1.15 bits per heavy atom. The van der Waals surface area contributed by atoms with Gasteiger partial charge in [0.25, 0.3) is 0 Å². The van der Waals surface area contributed by atoms with Gasteiger partial charge in [-0.2, -0.15) is 5.06 Å². The predicted molar refractivity (Wildman–Crippen MR) is 102 cm³/mol. The minimum Gasteiger partial charge on any atom is -0.351 e. The van der Waals surface area contributed by atoms with Gasteiger partial charge in [-0.3, -0.25) is 10.0 Å². The lowest BCUT2D eigenvalue weighted by molar-refractivity contribution is 0.0849. The number of aromatic nitrogens is 1. The normalized spacial score (nSPS) is 13.9. The van der Waals surface area contributed by atoms with Crippen LogP contribution in [0.4, 0.5) is 10.5 Å². The molecule has 2 aromatic rings. The van der Waals surface area contributed by atoms with Crippen LogP contribution in [0.15, 0.2) is 36.4 Å². The van der Waals surface area contributed by atoms with E-state index in [1.165, 1.54) is 4.90 Å². The van der Waals surface area contributed by atoms with E-state index >= 15 is 0 Å². The molecule has 0 atom stereocenters. The number of nitrogens with two attached hydrogens (primary N) is 1. The van der Waals surface area contributed by atoms with Crippen molar-refractivity contribution in [1.29, 1.82) is 0 Å². The molecule has 1 aliphatic heterocycles. The molecule has 142 valence electrons. The number of pyridine rings is 1. The summed E-state index contributed by atoms with van der Waals surface area (Å²) in [5, 5.41) is 10.9. The van der Waals surface area contributed by atoms with Crippen LogP contribution in [-0.2, 0) is 18.4 Å². The number of hydrogen-bond donors (Lipinski definition) is 2. The Balaban J connectivity index is 1.79. The minimum atomic E-state index is -0.598. The number of carbonyl (C=O) groups excluding carboxylic acids is 2. The molecule has 1 aromatic heterocycles. The number of urea groups is 1. The fourth-order valence-corrected chi connectivity index (χ4v) is 3.05. The lowest BCUT2D eigenvalue weighted by atomic mass is 9.87. The molecule has 0 fully saturated rings. The Morgan fingerprint density at radius 3 is 2.41 bits per heavy atom. The van der Waals surface area contributed by atoms with E-state index in [1.807, 2.05) is 12.1 Å². The average Bonchev–Trinajstić information content (AvgIpc) is 2.65. The molecule has 27 heavy (non-hydrogen) atoms. The highest BCUT2D eigenvalue weighted by Gasteiger charge is 2.23. The van der Waals surface area contributed by atoms with Gasteiger partial charge in [-0.1, -0.05) is 39.0 Å². The SMILES string of the molecule is CC(C)(C)c1ccc(N(O)C(=O)c2ccc3c(n2)CCN(C(N)=O)C3)cc1. The van der Waals surface area contributed by atoms with Gasteiger partial charge in [0, 0.05) is 25.2 Å². The Kier molecular flexibility index (Phi) is 4.89. The maximum absolute atomic E-state index is 12.6. The molecule has 1 aromatic carbocycles. The Bertz CT molecular complexity index is 872. The third-order valence-corrected chi connectivity index (χ3v) is 4.75. The molecule has 2 heterocycles. The van der Waals surface area contributed by atoms with Crippen molar-refractivity contribution in [3.05, 3.63) is 58.9 Å². The first-order valence-electron chi connectivity index (χ1n) is 8.84. The van der Waals surface area contributed by atoms with E-state index in [9.17, 15) is 14.8 Å². The van der Waals surface area contributed by atoms with Crippen LogP contribution in [0.2, 0.25) is 0 Å². The van der Waals surface area contributed by atoms with E-state index in [4.69, 9.17) is 5.73 Å². The quantitative estimate of drug-likeness (QED) is 0.629. The highest BCUT2D eigenvalue weighted by Crippen LogP contribution is 2.25. The van der Waals surface area contributed by atoms with Crippen molar-refractivity contribution in [2.45, 2.75) is 39.2 Å². The predicted octanol–water partition coefficient (Wildman–Crippen LogP) is 2.85. The smallest absolute Gasteiger partial charge is 0.315 e. The largest absolute Gasteiger partial charge is 0.351 e. The average molecular weight is 368 g/mol. The van der Waals surface area contributed by atoms with Gasteiger partial charge in [0.15, 0.2) is 0 Å². The molecule has 0 aliphatic carbocycles. The number of hydroxylamine groups is 1. The topological polar surface area (TPSA) is 99.8 Å². The first-order valence-corrected chi connectivity index (χ1v) is 8.84. The Labute approximate surface area is 158 Å². The summed E-state index contributed by atoms with van der Waals surface area (Å²) in [6.07, 6.45) is 0.519. The maximum atomic E-state index is 12.6. The molecular formula is C20H24N4O3. The number of fused-ring (bicyclic) bond motifs is 1. The van der Waals surface area contributed by atoms with Crippen LogP contribution >= 0.6 is 0 Å². The zero-order chi connectivity index (χ0) is 19.8. The van der Waals surface area contributed by atoms with Crippen molar-refractivity contribution >= 4 is 17.6 Å². The summed E-state index contributed by atoms with van der Waals surface area (Å²) >= 11 is 0. The van der Waals surface area contributed by atoms with Crippen molar-refractivity contribution in [2.75, 3.05) is 11.6 Å². The van der Waals surface area contributed by atoms with Crippen LogP contribution in [0.25, 0.3) is 0 Å². The molecule has 7 nitrogen and oxygen atoms in total. The van der Waals surface area contributed by atoms with Crippen molar-refractivity contribution in [3.8, 4) is 0 Å². The zero-order valence-corrected chi connectivity index (χ0v) is 15.8. The minimum absolute atomic E-state index is 0.0122. The summed E-state index contributed by atoms with van der Waals surface area (Å²) in [4.78, 5) is 29.8. The van der Waals surface area contributed by atoms with Crippen molar-refractivity contribution < 1.29 is 14.8 Å². The highest BCUT2D eigenvalue weighted by molar-refractivity contribution is 6.03. The first kappa shape index (κ1) is 18.8. The van der Waals surface area contributed by atoms with Crippen LogP contribution in [0, 0.1) is 0 Å². The fourth-order valence-electron chi connectivity index (χ4n) is 3.05. The van der Waals surface area contributed by atoms with Crippen LogP contribution in [0.1, 0.15) is 48.1 Å². The van der Waals surface area contributed by atoms with Crippen molar-refractivity contribution in [3.63, 3.8) is 0 Å². The molecule has 3 N–H and O–H groups in total. The van der Waals surface area contributed by atoms with E-state index in [1.54, 1.807) is 24.3 Å². The third-order valence-electron chi connectivity index (χ3n) is 4.75. The fraction of sp³-hybridized carbons (Fsp3) is 0.350. The molecule has 0 radical (unpaired) electrons. The van der Waals surface area contributed by atoms with Crippen LogP contribution in [0.3, 0.4) is 0 Å². The van der Waals surface area contributed by atoms with Crippen LogP contribution < -0.4 is 10.8 Å². The van der Waals surface area contributed by atoms with Gasteiger partial charge >= 0.3 is 11.9 Å². The lowest BCUT2D eigenvalue weighted by Crippen LogP contribution is -2.40. The maximum Gasteiger partial charge on any atom is 0.315 e. The van der Waals surface area contributed by atoms with Crippen LogP contribution in [0.5, 0.6) is 0 Å². The lowest BCUT2D eigenvalue weighted by Gasteiger charge is -2.27. The molecular weight excluding hydrogens is 344 g/mol. The number of carbonyl (C=O) groups is 2. The Hall–Kier alpha value is -2.93. The second-order valence-electron chi connectivity index (χ2n) is 7.73. The summed E-state index contributed by atoms with van der Waals surface area (Å²) in [7, 11) is 0. The van der Waals surface area contributed by atoms with Gasteiger partial charge in [0.05, 0.1) is 5.69 Å². The van der Waals surface area contributed by atoms with E-state index in [0.717, 1.165) is 16.8 Å². The molecule has 1 aliphatic rings. The Morgan fingerprint density at radius 2 is 1.81 bits per heavy atom. The third kappa shape index (κ3) is 3.93. The molecule has 0 unspecified atom stereocenters. The number of benzene rings is 1. The molecule has 3 rings (SSSR count). The second kappa shape index (κ2) is 7.00. The summed E-state index contributed by atoms with van der Waals surface area (Å²) < 4.78 is 0. The van der Waals surface area contributed by atoms with Crippen LogP contribution in [-0.4, -0.2) is 33.6 Å². The van der Waals surface area contributed by atoms with Gasteiger partial charge < -0.3 is 10.6 Å². The summed E-state index contributed by atoms with van der Waals surface area (Å²) in [6, 6.07) is 10.0. The molecule has 0 bridgehead atoms. The van der Waals surface area contributed by atoms with E-state index in [-0.39, 0.29) is 11.1 Å². The number of rotatable bonds is 2. The monoisotopic (exact) mass is 368 g/mol. The summed E-state index contributed by atoms with van der Waals surface area (Å²) in [5.74, 6) is -0.598. The van der Waals surface area contributed by atoms with Gasteiger partial charge in [-0.15, -0.1) is 0 Å². The van der Waals surface area contributed by atoms with Crippen molar-refractivity contribution in [1.82, 2.24) is 9.88 Å². The van der Waals surface area contributed by atoms with Gasteiger partial charge in [-0.25, -0.2) is 9.78 Å². The molecule has 7 heteroatoms. The van der Waals surface area contributed by atoms with Gasteiger partial charge in [-0.05, 0) is 34.7 Å². The van der Waals surface area contributed by atoms with E-state index < -0.39 is 11.9 Å².